The summed E-state index contributed by atoms with van der Waals surface area (Å²) < 4.78 is 0. The van der Waals surface area contributed by atoms with Crippen molar-refractivity contribution in [3.8, 4) is 0 Å². The van der Waals surface area contributed by atoms with E-state index in [4.69, 9.17) is 5.73 Å². The number of aromatic nitrogens is 3. The molecule has 0 amide bonds. The van der Waals surface area contributed by atoms with Crippen molar-refractivity contribution < 1.29 is 0 Å². The lowest BCUT2D eigenvalue weighted by atomic mass is 10.3. The van der Waals surface area contributed by atoms with Crippen molar-refractivity contribution in [3.63, 3.8) is 0 Å². The van der Waals surface area contributed by atoms with Gasteiger partial charge in [-0.2, -0.15) is 5.10 Å². The van der Waals surface area contributed by atoms with Gasteiger partial charge in [-0.05, 0) is 6.54 Å². The van der Waals surface area contributed by atoms with E-state index in [0.29, 0.717) is 6.54 Å². The van der Waals surface area contributed by atoms with Gasteiger partial charge in [0.05, 0.1) is 11.9 Å². The van der Waals surface area contributed by atoms with E-state index in [1.165, 1.54) is 6.33 Å². The van der Waals surface area contributed by atoms with Gasteiger partial charge >= 0.3 is 0 Å². The maximum absolute atomic E-state index is 5.26. The fourth-order valence-corrected chi connectivity index (χ4v) is 0.537. The Balaban J connectivity index is 2.61. The first kappa shape index (κ1) is 6.10. The summed E-state index contributed by atoms with van der Waals surface area (Å²) in [5, 5.41) is 7.36. The van der Waals surface area contributed by atoms with Crippen LogP contribution in [0.5, 0.6) is 0 Å². The molecule has 48 valence electrons. The smallest absolute Gasteiger partial charge is 0.138 e. The largest absolute Gasteiger partial charge is 0.330 e. The summed E-state index contributed by atoms with van der Waals surface area (Å²) in [6.45, 7) is 0.598. The van der Waals surface area contributed by atoms with E-state index in [-0.39, 0.29) is 0 Å². The molecule has 0 saturated carbocycles. The molecule has 2 N–H and O–H groups in total. The minimum absolute atomic E-state index is 0.598. The molecule has 9 heavy (non-hydrogen) atoms. The van der Waals surface area contributed by atoms with E-state index in [2.05, 4.69) is 15.2 Å². The first-order valence-corrected chi connectivity index (χ1v) is 2.75. The van der Waals surface area contributed by atoms with Gasteiger partial charge in [0, 0.05) is 6.42 Å². The molecule has 0 fully saturated rings. The maximum atomic E-state index is 5.26. The molecule has 0 aromatic carbocycles. The van der Waals surface area contributed by atoms with Crippen molar-refractivity contribution in [1.29, 1.82) is 0 Å². The molecular weight excluding hydrogens is 116 g/mol. The molecule has 4 heteroatoms. The third-order valence-electron chi connectivity index (χ3n) is 0.929. The first-order chi connectivity index (χ1) is 4.43. The van der Waals surface area contributed by atoms with Crippen LogP contribution in [0.4, 0.5) is 0 Å². The van der Waals surface area contributed by atoms with E-state index in [0.717, 1.165) is 12.1 Å². The zero-order valence-electron chi connectivity index (χ0n) is 4.99. The fourth-order valence-electron chi connectivity index (χ4n) is 0.537. The van der Waals surface area contributed by atoms with Crippen LogP contribution in [0.25, 0.3) is 0 Å². The summed E-state index contributed by atoms with van der Waals surface area (Å²) >= 11 is 0. The highest BCUT2D eigenvalue weighted by Gasteiger charge is 1.88. The molecule has 0 radical (unpaired) electrons. The molecule has 0 aliphatic heterocycles. The highest BCUT2D eigenvalue weighted by Crippen LogP contribution is 1.85. The lowest BCUT2D eigenvalue weighted by Gasteiger charge is -1.90. The molecule has 0 spiro atoms. The second-order valence-corrected chi connectivity index (χ2v) is 1.64. The van der Waals surface area contributed by atoms with Crippen molar-refractivity contribution in [2.75, 3.05) is 6.54 Å². The van der Waals surface area contributed by atoms with E-state index in [1.54, 1.807) is 6.20 Å². The van der Waals surface area contributed by atoms with Crippen LogP contribution >= 0.6 is 0 Å². The van der Waals surface area contributed by atoms with E-state index < -0.39 is 0 Å². The number of nitrogens with zero attached hydrogens (tertiary/aromatic N) is 3. The average molecular weight is 124 g/mol. The molecular formula is C5H8N4. The predicted molar refractivity (Wildman–Crippen MR) is 32.6 cm³/mol. The van der Waals surface area contributed by atoms with Crippen LogP contribution in [-0.2, 0) is 6.42 Å². The summed E-state index contributed by atoms with van der Waals surface area (Å²) in [5.74, 6) is 0. The summed E-state index contributed by atoms with van der Waals surface area (Å²) in [6.07, 6.45) is 3.82. The topological polar surface area (TPSA) is 64.7 Å². The Morgan fingerprint density at radius 1 is 1.56 bits per heavy atom. The van der Waals surface area contributed by atoms with Gasteiger partial charge in [-0.25, -0.2) is 4.98 Å². The lowest BCUT2D eigenvalue weighted by molar-refractivity contribution is 0.838. The standard InChI is InChI=1S/C5H8N4/c6-2-1-5-3-7-4-8-9-5/h3-4H,1-2,6H2. The van der Waals surface area contributed by atoms with Gasteiger partial charge in [0.15, 0.2) is 0 Å². The summed E-state index contributed by atoms with van der Waals surface area (Å²) in [6, 6.07) is 0. The molecule has 0 aliphatic rings. The van der Waals surface area contributed by atoms with Gasteiger partial charge in [-0.15, -0.1) is 5.10 Å². The van der Waals surface area contributed by atoms with E-state index >= 15 is 0 Å². The molecule has 1 heterocycles. The monoisotopic (exact) mass is 124 g/mol. The van der Waals surface area contributed by atoms with Crippen molar-refractivity contribution in [2.24, 2.45) is 5.73 Å². The van der Waals surface area contributed by atoms with Gasteiger partial charge < -0.3 is 5.73 Å². The molecule has 0 saturated heterocycles. The second kappa shape index (κ2) is 3.09. The zero-order chi connectivity index (χ0) is 6.53. The Morgan fingerprint density at radius 2 is 2.44 bits per heavy atom. The first-order valence-electron chi connectivity index (χ1n) is 2.75. The Bertz CT molecular complexity index is 162. The fraction of sp³-hybridized carbons (Fsp3) is 0.400. The average Bonchev–Trinajstić information content (AvgIpc) is 1.91. The van der Waals surface area contributed by atoms with Gasteiger partial charge in [-0.1, -0.05) is 0 Å². The highest BCUT2D eigenvalue weighted by atomic mass is 15.1. The number of rotatable bonds is 2. The molecule has 1 rings (SSSR count). The molecule has 1 aromatic rings. The lowest BCUT2D eigenvalue weighted by Crippen LogP contribution is -2.05. The normalized spacial score (nSPS) is 9.44. The van der Waals surface area contributed by atoms with Gasteiger partial charge in [0.1, 0.15) is 6.33 Å². The minimum Gasteiger partial charge on any atom is -0.330 e. The third kappa shape index (κ3) is 1.73. The van der Waals surface area contributed by atoms with E-state index in [1.807, 2.05) is 0 Å². The summed E-state index contributed by atoms with van der Waals surface area (Å²) in [4.78, 5) is 3.77. The molecule has 0 unspecified atom stereocenters. The third-order valence-corrected chi connectivity index (χ3v) is 0.929. The zero-order valence-corrected chi connectivity index (χ0v) is 4.99. The quantitative estimate of drug-likeness (QED) is 0.570. The number of hydrogen-bond donors (Lipinski definition) is 1. The van der Waals surface area contributed by atoms with Crippen LogP contribution in [-0.4, -0.2) is 21.7 Å². The van der Waals surface area contributed by atoms with Crippen molar-refractivity contribution in [1.82, 2.24) is 15.2 Å². The molecule has 4 nitrogen and oxygen atoms in total. The van der Waals surface area contributed by atoms with Crippen LogP contribution in [0.15, 0.2) is 12.5 Å². The predicted octanol–water partition coefficient (Wildman–Crippen LogP) is -0.627. The Morgan fingerprint density at radius 3 is 3.00 bits per heavy atom. The number of hydrogen-bond acceptors (Lipinski definition) is 4. The van der Waals surface area contributed by atoms with Crippen molar-refractivity contribution >= 4 is 0 Å². The van der Waals surface area contributed by atoms with E-state index in [9.17, 15) is 0 Å². The molecule has 1 aromatic heterocycles. The minimum atomic E-state index is 0.598. The summed E-state index contributed by atoms with van der Waals surface area (Å²) in [7, 11) is 0. The van der Waals surface area contributed by atoms with Crippen LogP contribution in [0.3, 0.4) is 0 Å². The Kier molecular flexibility index (Phi) is 2.09. The Hall–Kier alpha value is -1.03. The SMILES string of the molecule is NCCc1cncnn1. The number of nitrogens with two attached hydrogens (primary N) is 1. The highest BCUT2D eigenvalue weighted by molar-refractivity contribution is 4.90. The van der Waals surface area contributed by atoms with Crippen LogP contribution < -0.4 is 5.73 Å². The Labute approximate surface area is 53.1 Å². The van der Waals surface area contributed by atoms with Crippen LogP contribution in [0, 0.1) is 0 Å². The molecule has 0 bridgehead atoms. The van der Waals surface area contributed by atoms with Gasteiger partial charge in [0.25, 0.3) is 0 Å². The molecule has 0 atom stereocenters. The van der Waals surface area contributed by atoms with Crippen molar-refractivity contribution in [3.05, 3.63) is 18.2 Å². The van der Waals surface area contributed by atoms with Crippen LogP contribution in [0.1, 0.15) is 5.69 Å². The summed E-state index contributed by atoms with van der Waals surface area (Å²) in [5.41, 5.74) is 6.11. The maximum Gasteiger partial charge on any atom is 0.138 e. The van der Waals surface area contributed by atoms with Crippen molar-refractivity contribution in [2.45, 2.75) is 6.42 Å². The molecule has 0 aliphatic carbocycles. The second-order valence-electron chi connectivity index (χ2n) is 1.64. The van der Waals surface area contributed by atoms with Crippen LogP contribution in [0.2, 0.25) is 0 Å². The van der Waals surface area contributed by atoms with Gasteiger partial charge in [0.2, 0.25) is 0 Å². The van der Waals surface area contributed by atoms with Gasteiger partial charge in [-0.3, -0.25) is 0 Å².